The van der Waals surface area contributed by atoms with Gasteiger partial charge in [-0.2, -0.15) is 0 Å². The zero-order valence-corrected chi connectivity index (χ0v) is 8.50. The first kappa shape index (κ1) is 9.06. The molecule has 1 aliphatic heterocycles. The Hall–Kier alpha value is -1.51. The fraction of sp³-hybridized carbons (Fsp3) is 0.364. The van der Waals surface area contributed by atoms with Gasteiger partial charge in [-0.3, -0.25) is 4.79 Å². The summed E-state index contributed by atoms with van der Waals surface area (Å²) in [4.78, 5) is 13.2. The number of benzene rings is 1. The Labute approximate surface area is 83.7 Å². The molecule has 1 aromatic carbocycles. The lowest BCUT2D eigenvalue weighted by Crippen LogP contribution is -2.37. The number of hydrogen-bond acceptors (Lipinski definition) is 2. The maximum Gasteiger partial charge on any atom is 0.223 e. The molecular formula is C11H14N2O. The van der Waals surface area contributed by atoms with Crippen LogP contribution in [0, 0.1) is 6.92 Å². The number of rotatable bonds is 0. The van der Waals surface area contributed by atoms with Crippen LogP contribution in [0.15, 0.2) is 18.2 Å². The lowest BCUT2D eigenvalue weighted by molar-refractivity contribution is -0.116. The van der Waals surface area contributed by atoms with Crippen LogP contribution in [0.4, 0.5) is 11.4 Å². The highest BCUT2D eigenvalue weighted by Gasteiger charge is 2.20. The highest BCUT2D eigenvalue weighted by atomic mass is 16.2. The highest BCUT2D eigenvalue weighted by Crippen LogP contribution is 2.32. The first-order valence-electron chi connectivity index (χ1n) is 4.82. The number of nitrogens with one attached hydrogen (secondary N) is 1. The summed E-state index contributed by atoms with van der Waals surface area (Å²) in [5.74, 6) is 0.113. The van der Waals surface area contributed by atoms with Gasteiger partial charge in [0.1, 0.15) is 0 Å². The Morgan fingerprint density at radius 2 is 2.29 bits per heavy atom. The van der Waals surface area contributed by atoms with Crippen molar-refractivity contribution in [3.8, 4) is 0 Å². The molecule has 0 aromatic heterocycles. The van der Waals surface area contributed by atoms with Gasteiger partial charge in [-0.25, -0.2) is 0 Å². The van der Waals surface area contributed by atoms with Crippen molar-refractivity contribution in [1.82, 2.24) is 0 Å². The zero-order valence-electron chi connectivity index (χ0n) is 8.50. The van der Waals surface area contributed by atoms with Gasteiger partial charge in [0.25, 0.3) is 0 Å². The SMILES string of the molecule is CC(=O)N1CCNc2cccc(C)c21. The molecule has 0 radical (unpaired) electrons. The van der Waals surface area contributed by atoms with Crippen LogP contribution in [-0.4, -0.2) is 19.0 Å². The number of aryl methyl sites for hydroxylation is 1. The smallest absolute Gasteiger partial charge is 0.223 e. The van der Waals surface area contributed by atoms with E-state index in [-0.39, 0.29) is 5.91 Å². The van der Waals surface area contributed by atoms with Crippen molar-refractivity contribution in [3.05, 3.63) is 23.8 Å². The molecule has 1 heterocycles. The van der Waals surface area contributed by atoms with Gasteiger partial charge in [-0.15, -0.1) is 0 Å². The Morgan fingerprint density at radius 3 is 3.00 bits per heavy atom. The minimum absolute atomic E-state index is 0.113. The number of carbonyl (C=O) groups excluding carboxylic acids is 1. The van der Waals surface area contributed by atoms with Crippen molar-refractivity contribution >= 4 is 17.3 Å². The van der Waals surface area contributed by atoms with Crippen LogP contribution in [0.25, 0.3) is 0 Å². The number of anilines is 2. The van der Waals surface area contributed by atoms with Crippen LogP contribution in [-0.2, 0) is 4.79 Å². The summed E-state index contributed by atoms with van der Waals surface area (Å²) in [5, 5.41) is 3.29. The molecule has 74 valence electrons. The van der Waals surface area contributed by atoms with Crippen LogP contribution < -0.4 is 10.2 Å². The quantitative estimate of drug-likeness (QED) is 0.676. The predicted molar refractivity (Wildman–Crippen MR) is 57.7 cm³/mol. The molecule has 2 rings (SSSR count). The lowest BCUT2D eigenvalue weighted by atomic mass is 10.1. The standard InChI is InChI=1S/C11H14N2O/c1-8-4-3-5-10-11(8)13(9(2)14)7-6-12-10/h3-5,12H,6-7H2,1-2H3. The van der Waals surface area contributed by atoms with Crippen LogP contribution in [0.5, 0.6) is 0 Å². The van der Waals surface area contributed by atoms with Crippen molar-refractivity contribution in [2.24, 2.45) is 0 Å². The molecule has 1 N–H and O–H groups in total. The summed E-state index contributed by atoms with van der Waals surface area (Å²) < 4.78 is 0. The van der Waals surface area contributed by atoms with Crippen molar-refractivity contribution in [3.63, 3.8) is 0 Å². The fourth-order valence-electron chi connectivity index (χ4n) is 1.89. The van der Waals surface area contributed by atoms with Crippen molar-refractivity contribution < 1.29 is 4.79 Å². The predicted octanol–water partition coefficient (Wildman–Crippen LogP) is 1.77. The summed E-state index contributed by atoms with van der Waals surface area (Å²) in [7, 11) is 0. The third-order valence-electron chi connectivity index (χ3n) is 2.54. The van der Waals surface area contributed by atoms with Crippen LogP contribution in [0.1, 0.15) is 12.5 Å². The van der Waals surface area contributed by atoms with Crippen molar-refractivity contribution in [1.29, 1.82) is 0 Å². The molecule has 0 spiro atoms. The average Bonchev–Trinajstić information content (AvgIpc) is 2.17. The summed E-state index contributed by atoms with van der Waals surface area (Å²) in [5.41, 5.74) is 3.24. The van der Waals surface area contributed by atoms with Gasteiger partial charge in [-0.1, -0.05) is 12.1 Å². The summed E-state index contributed by atoms with van der Waals surface area (Å²) in [6, 6.07) is 6.05. The third kappa shape index (κ3) is 1.35. The first-order chi connectivity index (χ1) is 6.70. The number of hydrogen-bond donors (Lipinski definition) is 1. The molecule has 3 nitrogen and oxygen atoms in total. The third-order valence-corrected chi connectivity index (χ3v) is 2.54. The maximum atomic E-state index is 11.4. The van der Waals surface area contributed by atoms with E-state index in [1.807, 2.05) is 30.0 Å². The van der Waals surface area contributed by atoms with Gasteiger partial charge in [0.2, 0.25) is 5.91 Å². The number of amides is 1. The molecule has 0 bridgehead atoms. The van der Waals surface area contributed by atoms with E-state index < -0.39 is 0 Å². The molecule has 0 unspecified atom stereocenters. The molecule has 1 amide bonds. The van der Waals surface area contributed by atoms with Gasteiger partial charge in [0, 0.05) is 20.0 Å². The van der Waals surface area contributed by atoms with Gasteiger partial charge in [0.05, 0.1) is 11.4 Å². The molecule has 0 saturated carbocycles. The van der Waals surface area contributed by atoms with Gasteiger partial charge < -0.3 is 10.2 Å². The fourth-order valence-corrected chi connectivity index (χ4v) is 1.89. The van der Waals surface area contributed by atoms with Crippen LogP contribution in [0.3, 0.4) is 0 Å². The molecule has 14 heavy (non-hydrogen) atoms. The second kappa shape index (κ2) is 3.33. The minimum Gasteiger partial charge on any atom is -0.382 e. The Morgan fingerprint density at radius 1 is 1.50 bits per heavy atom. The summed E-state index contributed by atoms with van der Waals surface area (Å²) in [6.07, 6.45) is 0. The molecule has 0 fully saturated rings. The van der Waals surface area contributed by atoms with E-state index in [1.54, 1.807) is 6.92 Å². The van der Waals surface area contributed by atoms with E-state index in [2.05, 4.69) is 5.32 Å². The molecule has 3 heteroatoms. The Kier molecular flexibility index (Phi) is 2.15. The van der Waals surface area contributed by atoms with Gasteiger partial charge >= 0.3 is 0 Å². The van der Waals surface area contributed by atoms with E-state index in [0.29, 0.717) is 0 Å². The highest BCUT2D eigenvalue weighted by molar-refractivity contribution is 5.97. The zero-order chi connectivity index (χ0) is 10.1. The maximum absolute atomic E-state index is 11.4. The normalized spacial score (nSPS) is 14.6. The second-order valence-corrected chi connectivity index (χ2v) is 3.57. The van der Waals surface area contributed by atoms with Crippen molar-refractivity contribution in [2.75, 3.05) is 23.3 Å². The van der Waals surface area contributed by atoms with E-state index in [4.69, 9.17) is 0 Å². The van der Waals surface area contributed by atoms with Crippen LogP contribution in [0.2, 0.25) is 0 Å². The lowest BCUT2D eigenvalue weighted by Gasteiger charge is -2.30. The van der Waals surface area contributed by atoms with E-state index in [9.17, 15) is 4.79 Å². The van der Waals surface area contributed by atoms with E-state index >= 15 is 0 Å². The Balaban J connectivity index is 2.52. The first-order valence-corrected chi connectivity index (χ1v) is 4.82. The summed E-state index contributed by atoms with van der Waals surface area (Å²) in [6.45, 7) is 5.23. The molecule has 0 atom stereocenters. The molecule has 1 aliphatic rings. The average molecular weight is 190 g/mol. The number of para-hydroxylation sites is 1. The van der Waals surface area contributed by atoms with Crippen LogP contribution >= 0.6 is 0 Å². The van der Waals surface area contributed by atoms with E-state index in [1.165, 1.54) is 0 Å². The molecular weight excluding hydrogens is 176 g/mol. The van der Waals surface area contributed by atoms with Crippen molar-refractivity contribution in [2.45, 2.75) is 13.8 Å². The van der Waals surface area contributed by atoms with Gasteiger partial charge in [0.15, 0.2) is 0 Å². The second-order valence-electron chi connectivity index (χ2n) is 3.57. The largest absolute Gasteiger partial charge is 0.382 e. The van der Waals surface area contributed by atoms with Gasteiger partial charge in [-0.05, 0) is 18.6 Å². The molecule has 1 aromatic rings. The number of carbonyl (C=O) groups is 1. The minimum atomic E-state index is 0.113. The topological polar surface area (TPSA) is 32.3 Å². The Bertz CT molecular complexity index is 374. The monoisotopic (exact) mass is 190 g/mol. The van der Waals surface area contributed by atoms with E-state index in [0.717, 1.165) is 30.0 Å². The number of nitrogens with zero attached hydrogens (tertiary/aromatic N) is 1. The molecule has 0 saturated heterocycles. The number of fused-ring (bicyclic) bond motifs is 1. The molecule has 0 aliphatic carbocycles. The summed E-state index contributed by atoms with van der Waals surface area (Å²) >= 11 is 0.